The van der Waals surface area contributed by atoms with Gasteiger partial charge in [0, 0.05) is 11.1 Å². The molecule has 6 nitrogen and oxygen atoms in total. The summed E-state index contributed by atoms with van der Waals surface area (Å²) in [6, 6.07) is 12.7. The lowest BCUT2D eigenvalue weighted by molar-refractivity contribution is 0.102. The van der Waals surface area contributed by atoms with Crippen LogP contribution in [-0.2, 0) is 4.57 Å². The van der Waals surface area contributed by atoms with Crippen LogP contribution in [0.25, 0.3) is 10.4 Å². The highest BCUT2D eigenvalue weighted by atomic mass is 32.1. The second-order valence-electron chi connectivity index (χ2n) is 6.00. The molecule has 2 heterocycles. The maximum atomic E-state index is 12.5. The predicted octanol–water partition coefficient (Wildman–Crippen LogP) is 4.56. The lowest BCUT2D eigenvalue weighted by atomic mass is 10.1. The molecule has 2 unspecified atom stereocenters. The smallest absolute Gasteiger partial charge is 0.257 e. The van der Waals surface area contributed by atoms with Crippen LogP contribution in [0.1, 0.15) is 35.1 Å². The highest BCUT2D eigenvalue weighted by molar-refractivity contribution is 7.38. The zero-order chi connectivity index (χ0) is 19.4. The van der Waals surface area contributed by atoms with E-state index >= 15 is 0 Å². The second-order valence-corrected chi connectivity index (χ2v) is 8.33. The van der Waals surface area contributed by atoms with Crippen molar-refractivity contribution in [2.75, 3.05) is 11.1 Å². The zero-order valence-corrected chi connectivity index (χ0v) is 16.5. The van der Waals surface area contributed by atoms with E-state index in [1.807, 2.05) is 36.6 Å². The number of nitrogens with zero attached hydrogens (tertiary/aromatic N) is 1. The van der Waals surface area contributed by atoms with Crippen LogP contribution in [-0.4, -0.2) is 15.8 Å². The van der Waals surface area contributed by atoms with Gasteiger partial charge in [0.25, 0.3) is 5.91 Å². The Morgan fingerprint density at radius 3 is 2.74 bits per heavy atom. The van der Waals surface area contributed by atoms with E-state index in [0.29, 0.717) is 29.1 Å². The van der Waals surface area contributed by atoms with Crippen LogP contribution >= 0.6 is 19.4 Å². The van der Waals surface area contributed by atoms with Crippen molar-refractivity contribution in [3.8, 4) is 10.4 Å². The van der Waals surface area contributed by atoms with Crippen molar-refractivity contribution in [3.05, 3.63) is 65.3 Å². The fourth-order valence-electron chi connectivity index (χ4n) is 2.71. The Balaban J connectivity index is 1.79. The zero-order valence-electron chi connectivity index (χ0n) is 14.7. The SMILES string of the molecule is CCC(c1ccc(C(=O)Nc2cc(-c3cccs3)ccc2N)cn1)[PH](=O)O. The van der Waals surface area contributed by atoms with E-state index in [9.17, 15) is 14.3 Å². The number of nitrogens with one attached hydrogen (secondary N) is 1. The highest BCUT2D eigenvalue weighted by Gasteiger charge is 2.17. The first kappa shape index (κ1) is 19.3. The number of carbonyl (C=O) groups is 1. The van der Waals surface area contributed by atoms with Crippen LogP contribution in [0.5, 0.6) is 0 Å². The molecule has 3 rings (SSSR count). The van der Waals surface area contributed by atoms with E-state index < -0.39 is 13.7 Å². The van der Waals surface area contributed by atoms with E-state index in [1.165, 1.54) is 6.20 Å². The molecule has 0 radical (unpaired) electrons. The number of rotatable bonds is 6. The van der Waals surface area contributed by atoms with Gasteiger partial charge in [-0.25, -0.2) is 0 Å². The standard InChI is InChI=1S/C19H20N3O3PS/c1-2-17(26(24)25)15-8-6-13(11-21-15)19(23)22-16-10-12(5-7-14(16)20)18-4-3-9-27-18/h3-11,17,26H,2,20H2,1H3,(H,22,23)(H,24,25). The number of nitrogens with two attached hydrogens (primary N) is 1. The van der Waals surface area contributed by atoms with Gasteiger partial charge in [0.05, 0.1) is 28.3 Å². The minimum atomic E-state index is -2.72. The predicted molar refractivity (Wildman–Crippen MR) is 111 cm³/mol. The Kier molecular flexibility index (Phi) is 6.06. The maximum absolute atomic E-state index is 12.5. The Labute approximate surface area is 162 Å². The summed E-state index contributed by atoms with van der Waals surface area (Å²) in [6.45, 7) is 1.83. The number of nitrogen functional groups attached to an aromatic ring is 1. The number of hydrogen-bond donors (Lipinski definition) is 3. The summed E-state index contributed by atoms with van der Waals surface area (Å²) in [7, 11) is -2.72. The topological polar surface area (TPSA) is 105 Å². The Morgan fingerprint density at radius 1 is 1.33 bits per heavy atom. The molecule has 8 heteroatoms. The largest absolute Gasteiger partial charge is 0.397 e. The minimum absolute atomic E-state index is 0.339. The Hall–Kier alpha value is -2.47. The molecule has 4 N–H and O–H groups in total. The molecule has 1 amide bonds. The average Bonchev–Trinajstić information content (AvgIpc) is 3.19. The second kappa shape index (κ2) is 8.48. The van der Waals surface area contributed by atoms with E-state index in [1.54, 1.807) is 29.5 Å². The summed E-state index contributed by atoms with van der Waals surface area (Å²) >= 11 is 1.61. The number of pyridine rings is 1. The first-order chi connectivity index (χ1) is 13.0. The third-order valence-corrected chi connectivity index (χ3v) is 6.44. The van der Waals surface area contributed by atoms with Crippen molar-refractivity contribution in [2.24, 2.45) is 0 Å². The molecule has 1 aromatic carbocycles. The molecule has 2 aromatic heterocycles. The van der Waals surface area contributed by atoms with Gasteiger partial charge in [-0.3, -0.25) is 14.3 Å². The van der Waals surface area contributed by atoms with Gasteiger partial charge >= 0.3 is 0 Å². The molecule has 0 bridgehead atoms. The monoisotopic (exact) mass is 401 g/mol. The van der Waals surface area contributed by atoms with Gasteiger partial charge in [-0.15, -0.1) is 11.3 Å². The maximum Gasteiger partial charge on any atom is 0.257 e. The van der Waals surface area contributed by atoms with Crippen molar-refractivity contribution >= 4 is 36.6 Å². The molecule has 2 atom stereocenters. The Bertz CT molecular complexity index is 959. The first-order valence-corrected chi connectivity index (χ1v) is 10.7. The number of carbonyl (C=O) groups excluding carboxylic acids is 1. The number of thiophene rings is 1. The van der Waals surface area contributed by atoms with Crippen LogP contribution in [0.15, 0.2) is 54.0 Å². The summed E-state index contributed by atoms with van der Waals surface area (Å²) in [6.07, 6.45) is 1.93. The number of amides is 1. The normalized spacial score (nSPS) is 13.1. The number of aromatic nitrogens is 1. The molecule has 0 saturated heterocycles. The van der Waals surface area contributed by atoms with Gasteiger partial charge in [0.1, 0.15) is 0 Å². The van der Waals surface area contributed by atoms with Gasteiger partial charge in [-0.05, 0) is 47.7 Å². The van der Waals surface area contributed by atoms with Gasteiger partial charge in [0.2, 0.25) is 0 Å². The van der Waals surface area contributed by atoms with Crippen LogP contribution in [0.3, 0.4) is 0 Å². The fraction of sp³-hybridized carbons (Fsp3) is 0.158. The molecule has 140 valence electrons. The third-order valence-electron chi connectivity index (χ3n) is 4.22. The van der Waals surface area contributed by atoms with E-state index in [0.717, 1.165) is 10.4 Å². The van der Waals surface area contributed by atoms with Crippen LogP contribution < -0.4 is 11.1 Å². The van der Waals surface area contributed by atoms with E-state index in [4.69, 9.17) is 5.73 Å². The first-order valence-electron chi connectivity index (χ1n) is 8.43. The molecular formula is C19H20N3O3PS. The summed E-state index contributed by atoms with van der Waals surface area (Å²) in [5, 5.41) is 4.80. The van der Waals surface area contributed by atoms with Crippen molar-refractivity contribution in [3.63, 3.8) is 0 Å². The molecule has 27 heavy (non-hydrogen) atoms. The van der Waals surface area contributed by atoms with Crippen molar-refractivity contribution in [1.82, 2.24) is 4.98 Å². The summed E-state index contributed by atoms with van der Waals surface area (Å²) in [5.41, 5.74) is 8.34. The van der Waals surface area contributed by atoms with Gasteiger partial charge in [-0.1, -0.05) is 19.1 Å². The van der Waals surface area contributed by atoms with Crippen molar-refractivity contribution < 1.29 is 14.3 Å². The summed E-state index contributed by atoms with van der Waals surface area (Å²) in [4.78, 5) is 27.2. The number of benzene rings is 1. The molecule has 0 spiro atoms. The average molecular weight is 401 g/mol. The number of anilines is 2. The lowest BCUT2D eigenvalue weighted by Crippen LogP contribution is -2.14. The molecule has 0 aliphatic heterocycles. The molecular weight excluding hydrogens is 381 g/mol. The van der Waals surface area contributed by atoms with Gasteiger partial charge < -0.3 is 15.9 Å². The molecule has 3 aromatic rings. The van der Waals surface area contributed by atoms with E-state index in [2.05, 4.69) is 10.3 Å². The van der Waals surface area contributed by atoms with Crippen molar-refractivity contribution in [2.45, 2.75) is 19.0 Å². The molecule has 0 saturated carbocycles. The Morgan fingerprint density at radius 2 is 2.15 bits per heavy atom. The van der Waals surface area contributed by atoms with Crippen LogP contribution in [0.4, 0.5) is 11.4 Å². The van der Waals surface area contributed by atoms with Crippen molar-refractivity contribution in [1.29, 1.82) is 0 Å². The number of hydrogen-bond acceptors (Lipinski definition) is 5. The quantitative estimate of drug-likeness (QED) is 0.415. The summed E-state index contributed by atoms with van der Waals surface area (Å²) < 4.78 is 11.4. The minimum Gasteiger partial charge on any atom is -0.397 e. The highest BCUT2D eigenvalue weighted by Crippen LogP contribution is 2.39. The van der Waals surface area contributed by atoms with Crippen LogP contribution in [0, 0.1) is 0 Å². The van der Waals surface area contributed by atoms with Gasteiger partial charge in [0.15, 0.2) is 8.03 Å². The van der Waals surface area contributed by atoms with E-state index in [-0.39, 0.29) is 5.91 Å². The summed E-state index contributed by atoms with van der Waals surface area (Å²) in [5.74, 6) is -0.339. The van der Waals surface area contributed by atoms with Crippen LogP contribution in [0.2, 0.25) is 0 Å². The fourth-order valence-corrected chi connectivity index (χ4v) is 4.21. The molecule has 0 aliphatic carbocycles. The van der Waals surface area contributed by atoms with Gasteiger partial charge in [-0.2, -0.15) is 0 Å². The lowest BCUT2D eigenvalue weighted by Gasteiger charge is -2.12. The molecule has 0 fully saturated rings. The third kappa shape index (κ3) is 4.45. The molecule has 0 aliphatic rings.